The molecule has 0 radical (unpaired) electrons. The third-order valence-corrected chi connectivity index (χ3v) is 12.3. The first-order valence-electron chi connectivity index (χ1n) is 27.0. The van der Waals surface area contributed by atoms with Crippen LogP contribution in [-0.4, -0.2) is 34.9 Å². The highest BCUT2D eigenvalue weighted by molar-refractivity contribution is 5.76. The monoisotopic (exact) mass is 852 g/mol. The van der Waals surface area contributed by atoms with Gasteiger partial charge in [-0.25, -0.2) is 0 Å². The van der Waals surface area contributed by atoms with Crippen molar-refractivity contribution >= 4 is 5.91 Å². The van der Waals surface area contributed by atoms with Crippen molar-refractivity contribution in [3.63, 3.8) is 0 Å². The summed E-state index contributed by atoms with van der Waals surface area (Å²) < 4.78 is 0. The minimum absolute atomic E-state index is 0.0293. The molecular formula is C57H105NO3. The van der Waals surface area contributed by atoms with Gasteiger partial charge in [0.2, 0.25) is 5.91 Å². The zero-order valence-corrected chi connectivity index (χ0v) is 40.9. The maximum atomic E-state index is 12.4. The van der Waals surface area contributed by atoms with E-state index < -0.39 is 12.1 Å². The van der Waals surface area contributed by atoms with E-state index >= 15 is 0 Å². The first kappa shape index (κ1) is 59.1. The van der Waals surface area contributed by atoms with Crippen LogP contribution >= 0.6 is 0 Å². The fourth-order valence-electron chi connectivity index (χ4n) is 8.21. The molecule has 2 unspecified atom stereocenters. The summed E-state index contributed by atoms with van der Waals surface area (Å²) >= 11 is 0. The minimum Gasteiger partial charge on any atom is -0.394 e. The lowest BCUT2D eigenvalue weighted by atomic mass is 10.0. The van der Waals surface area contributed by atoms with Gasteiger partial charge in [-0.1, -0.05) is 274 Å². The van der Waals surface area contributed by atoms with Crippen molar-refractivity contribution < 1.29 is 15.0 Å². The van der Waals surface area contributed by atoms with Crippen LogP contribution in [0.4, 0.5) is 0 Å². The zero-order valence-electron chi connectivity index (χ0n) is 40.9. The fraction of sp³-hybridized carbons (Fsp3) is 0.807. The van der Waals surface area contributed by atoms with E-state index in [0.717, 1.165) is 57.8 Å². The van der Waals surface area contributed by atoms with E-state index in [1.165, 1.54) is 193 Å². The SMILES string of the molecule is CC/C=C\C/C=C\C/C=C\C/C=C\C/C=C\CCCCCCCCCCCCCCCCCCCCCCCC(=O)NC(CO)C(O)CCCCCCCCCCCCCC. The summed E-state index contributed by atoms with van der Waals surface area (Å²) in [6, 6.07) is -0.534. The minimum atomic E-state index is -0.657. The number of allylic oxidation sites excluding steroid dienone is 10. The Bertz CT molecular complexity index is 1010. The summed E-state index contributed by atoms with van der Waals surface area (Å²) in [7, 11) is 0. The molecule has 2 atom stereocenters. The van der Waals surface area contributed by atoms with Gasteiger partial charge in [0.1, 0.15) is 0 Å². The molecule has 0 spiro atoms. The smallest absolute Gasteiger partial charge is 0.220 e. The van der Waals surface area contributed by atoms with Crippen LogP contribution in [0.25, 0.3) is 0 Å². The van der Waals surface area contributed by atoms with Crippen molar-refractivity contribution in [1.82, 2.24) is 5.32 Å². The molecule has 0 heterocycles. The zero-order chi connectivity index (χ0) is 44.2. The van der Waals surface area contributed by atoms with E-state index in [1.807, 2.05) is 0 Å². The number of carbonyl (C=O) groups is 1. The Morgan fingerprint density at radius 2 is 0.721 bits per heavy atom. The number of nitrogens with one attached hydrogen (secondary N) is 1. The Morgan fingerprint density at radius 1 is 0.410 bits per heavy atom. The highest BCUT2D eigenvalue weighted by atomic mass is 16.3. The summed E-state index contributed by atoms with van der Waals surface area (Å²) in [4.78, 5) is 12.4. The van der Waals surface area contributed by atoms with Crippen LogP contribution in [0.2, 0.25) is 0 Å². The van der Waals surface area contributed by atoms with Crippen LogP contribution < -0.4 is 5.32 Å². The number of hydrogen-bond donors (Lipinski definition) is 3. The van der Waals surface area contributed by atoms with Gasteiger partial charge in [0.25, 0.3) is 0 Å². The van der Waals surface area contributed by atoms with E-state index in [9.17, 15) is 15.0 Å². The van der Waals surface area contributed by atoms with Crippen molar-refractivity contribution in [2.24, 2.45) is 0 Å². The Morgan fingerprint density at radius 3 is 1.08 bits per heavy atom. The maximum Gasteiger partial charge on any atom is 0.220 e. The third-order valence-electron chi connectivity index (χ3n) is 12.3. The van der Waals surface area contributed by atoms with E-state index in [0.29, 0.717) is 12.8 Å². The van der Waals surface area contributed by atoms with Gasteiger partial charge in [-0.3, -0.25) is 4.79 Å². The van der Waals surface area contributed by atoms with Gasteiger partial charge in [0, 0.05) is 6.42 Å². The van der Waals surface area contributed by atoms with Crippen LogP contribution in [0.15, 0.2) is 60.8 Å². The van der Waals surface area contributed by atoms with Gasteiger partial charge in [0.05, 0.1) is 18.8 Å². The van der Waals surface area contributed by atoms with Gasteiger partial charge in [-0.15, -0.1) is 0 Å². The average molecular weight is 852 g/mol. The number of rotatable bonds is 49. The lowest BCUT2D eigenvalue weighted by Crippen LogP contribution is -2.45. The van der Waals surface area contributed by atoms with Gasteiger partial charge in [0.15, 0.2) is 0 Å². The topological polar surface area (TPSA) is 69.6 Å². The molecule has 0 bridgehead atoms. The molecule has 61 heavy (non-hydrogen) atoms. The molecule has 0 aromatic carbocycles. The standard InChI is InChI=1S/C57H105NO3/c1-3-5-7-9-11-13-15-17-18-19-20-21-22-23-24-25-26-27-28-29-30-31-32-33-34-35-36-37-38-39-40-41-43-45-47-49-51-53-57(61)58-55(54-59)56(60)52-50-48-46-44-42-16-14-12-10-8-6-4-2/h5,7,11,13,17-18,20-21,23-24,55-56,59-60H,3-4,6,8-10,12,14-16,19,22,25-54H2,1-2H3,(H,58,61)/b7-5-,13-11-,18-17-,21-20-,24-23-. The number of amides is 1. The summed E-state index contributed by atoms with van der Waals surface area (Å²) in [5.41, 5.74) is 0. The average Bonchev–Trinajstić information content (AvgIpc) is 3.26. The predicted molar refractivity (Wildman–Crippen MR) is 271 cm³/mol. The number of aliphatic hydroxyl groups is 2. The summed E-state index contributed by atoms with van der Waals surface area (Å²) in [6.07, 6.45) is 73.5. The van der Waals surface area contributed by atoms with Crippen molar-refractivity contribution in [2.75, 3.05) is 6.61 Å². The van der Waals surface area contributed by atoms with Crippen molar-refractivity contribution in [3.05, 3.63) is 60.8 Å². The molecule has 356 valence electrons. The molecule has 0 aromatic heterocycles. The van der Waals surface area contributed by atoms with E-state index in [1.54, 1.807) is 0 Å². The molecule has 0 rings (SSSR count). The quantitative estimate of drug-likeness (QED) is 0.0422. The summed E-state index contributed by atoms with van der Waals surface area (Å²) in [6.45, 7) is 4.25. The Kier molecular flexibility index (Phi) is 50.8. The molecule has 4 nitrogen and oxygen atoms in total. The lowest BCUT2D eigenvalue weighted by Gasteiger charge is -2.22. The van der Waals surface area contributed by atoms with Crippen LogP contribution in [0.5, 0.6) is 0 Å². The first-order chi connectivity index (χ1) is 30.2. The molecule has 0 fully saturated rings. The molecular weight excluding hydrogens is 747 g/mol. The predicted octanol–water partition coefficient (Wildman–Crippen LogP) is 17.6. The second kappa shape index (κ2) is 52.4. The Labute approximate surface area is 381 Å². The van der Waals surface area contributed by atoms with Crippen molar-refractivity contribution in [2.45, 2.75) is 289 Å². The van der Waals surface area contributed by atoms with Crippen LogP contribution in [0, 0.1) is 0 Å². The van der Waals surface area contributed by atoms with Crippen molar-refractivity contribution in [1.29, 1.82) is 0 Å². The third kappa shape index (κ3) is 49.0. The lowest BCUT2D eigenvalue weighted by molar-refractivity contribution is -0.123. The molecule has 0 aliphatic carbocycles. The van der Waals surface area contributed by atoms with E-state index in [-0.39, 0.29) is 12.5 Å². The number of hydrogen-bond acceptors (Lipinski definition) is 3. The number of carbonyl (C=O) groups excluding carboxylic acids is 1. The second-order valence-corrected chi connectivity index (χ2v) is 18.3. The maximum absolute atomic E-state index is 12.4. The molecule has 4 heteroatoms. The Hall–Kier alpha value is -1.91. The van der Waals surface area contributed by atoms with Gasteiger partial charge in [-0.2, -0.15) is 0 Å². The van der Waals surface area contributed by atoms with Crippen LogP contribution in [0.1, 0.15) is 277 Å². The molecule has 0 saturated carbocycles. The van der Waals surface area contributed by atoms with E-state index in [4.69, 9.17) is 0 Å². The van der Waals surface area contributed by atoms with Crippen LogP contribution in [0.3, 0.4) is 0 Å². The Balaban J connectivity index is 3.40. The van der Waals surface area contributed by atoms with Crippen LogP contribution in [-0.2, 0) is 4.79 Å². The van der Waals surface area contributed by atoms with Crippen molar-refractivity contribution in [3.8, 4) is 0 Å². The van der Waals surface area contributed by atoms with Gasteiger partial charge >= 0.3 is 0 Å². The first-order valence-corrected chi connectivity index (χ1v) is 27.0. The molecule has 0 aliphatic heterocycles. The number of aliphatic hydroxyl groups excluding tert-OH is 2. The van der Waals surface area contributed by atoms with Gasteiger partial charge in [-0.05, 0) is 57.8 Å². The highest BCUT2D eigenvalue weighted by Crippen LogP contribution is 2.17. The summed E-state index contributed by atoms with van der Waals surface area (Å²) in [5, 5.41) is 23.2. The molecule has 3 N–H and O–H groups in total. The molecule has 0 aliphatic rings. The highest BCUT2D eigenvalue weighted by Gasteiger charge is 2.20. The van der Waals surface area contributed by atoms with Gasteiger partial charge < -0.3 is 15.5 Å². The van der Waals surface area contributed by atoms with E-state index in [2.05, 4.69) is 79.9 Å². The number of unbranched alkanes of at least 4 members (excludes halogenated alkanes) is 32. The molecule has 0 saturated heterocycles. The normalized spacial score (nSPS) is 13.3. The largest absolute Gasteiger partial charge is 0.394 e. The summed E-state index contributed by atoms with van der Waals surface area (Å²) in [5.74, 6) is -0.0293. The molecule has 1 amide bonds. The second-order valence-electron chi connectivity index (χ2n) is 18.3. The molecule has 0 aromatic rings. The fourth-order valence-corrected chi connectivity index (χ4v) is 8.21.